The van der Waals surface area contributed by atoms with Gasteiger partial charge < -0.3 is 14.5 Å². The fraction of sp³-hybridized carbons (Fsp3) is 0.0556. The molecule has 0 amide bonds. The SMILES string of the molecule is O=c1[nH]c2cnccc2n1-c1ccc(Oc2cccc(OC(F)(F)F)c2)nc1. The Kier molecular flexibility index (Phi) is 4.22. The highest BCUT2D eigenvalue weighted by Crippen LogP contribution is 2.28. The van der Waals surface area contributed by atoms with Crippen LogP contribution in [0.4, 0.5) is 13.2 Å². The fourth-order valence-corrected chi connectivity index (χ4v) is 2.64. The van der Waals surface area contributed by atoms with Crippen LogP contribution in [0.2, 0.25) is 0 Å². The van der Waals surface area contributed by atoms with Crippen molar-refractivity contribution in [3.8, 4) is 23.1 Å². The second-order valence-corrected chi connectivity index (χ2v) is 5.64. The first-order valence-electron chi connectivity index (χ1n) is 7.94. The Labute approximate surface area is 155 Å². The van der Waals surface area contributed by atoms with E-state index in [4.69, 9.17) is 4.74 Å². The average molecular weight is 388 g/mol. The van der Waals surface area contributed by atoms with Crippen molar-refractivity contribution >= 4 is 11.0 Å². The molecule has 28 heavy (non-hydrogen) atoms. The minimum Gasteiger partial charge on any atom is -0.439 e. The molecule has 1 aromatic carbocycles. The van der Waals surface area contributed by atoms with E-state index in [1.165, 1.54) is 35.2 Å². The maximum Gasteiger partial charge on any atom is 0.573 e. The highest BCUT2D eigenvalue weighted by molar-refractivity contribution is 5.75. The third-order valence-electron chi connectivity index (χ3n) is 3.72. The van der Waals surface area contributed by atoms with Gasteiger partial charge in [-0.25, -0.2) is 9.78 Å². The van der Waals surface area contributed by atoms with Gasteiger partial charge in [0.05, 0.1) is 29.1 Å². The van der Waals surface area contributed by atoms with Crippen LogP contribution in [0.3, 0.4) is 0 Å². The molecule has 0 spiro atoms. The summed E-state index contributed by atoms with van der Waals surface area (Å²) in [6.45, 7) is 0. The van der Waals surface area contributed by atoms with Gasteiger partial charge in [-0.3, -0.25) is 9.55 Å². The Balaban J connectivity index is 1.58. The Hall–Kier alpha value is -3.82. The molecule has 3 heterocycles. The Morgan fingerprint density at radius 1 is 1.04 bits per heavy atom. The summed E-state index contributed by atoms with van der Waals surface area (Å²) < 4.78 is 47.7. The highest BCUT2D eigenvalue weighted by Gasteiger charge is 2.31. The molecule has 0 aliphatic heterocycles. The van der Waals surface area contributed by atoms with Crippen LogP contribution in [0.5, 0.6) is 17.4 Å². The molecular weight excluding hydrogens is 377 g/mol. The topological polar surface area (TPSA) is 82.0 Å². The fourth-order valence-electron chi connectivity index (χ4n) is 2.64. The van der Waals surface area contributed by atoms with Crippen LogP contribution in [0, 0.1) is 0 Å². The first-order valence-corrected chi connectivity index (χ1v) is 7.94. The molecule has 4 rings (SSSR count). The molecule has 0 aliphatic rings. The second-order valence-electron chi connectivity index (χ2n) is 5.64. The summed E-state index contributed by atoms with van der Waals surface area (Å²) in [7, 11) is 0. The number of pyridine rings is 2. The van der Waals surface area contributed by atoms with Crippen molar-refractivity contribution in [3.05, 3.63) is 71.5 Å². The molecule has 0 atom stereocenters. The van der Waals surface area contributed by atoms with E-state index in [1.807, 2.05) is 0 Å². The summed E-state index contributed by atoms with van der Waals surface area (Å²) in [5, 5.41) is 0. The van der Waals surface area contributed by atoms with Crippen LogP contribution in [-0.2, 0) is 0 Å². The molecule has 3 aromatic heterocycles. The molecule has 4 aromatic rings. The van der Waals surface area contributed by atoms with E-state index in [2.05, 4.69) is 19.7 Å². The molecule has 0 radical (unpaired) electrons. The number of benzene rings is 1. The van der Waals surface area contributed by atoms with Crippen LogP contribution in [0.15, 0.2) is 65.8 Å². The van der Waals surface area contributed by atoms with E-state index in [9.17, 15) is 18.0 Å². The number of aromatic nitrogens is 4. The number of hydrogen-bond donors (Lipinski definition) is 1. The van der Waals surface area contributed by atoms with Crippen molar-refractivity contribution in [3.63, 3.8) is 0 Å². The number of hydrogen-bond acceptors (Lipinski definition) is 5. The van der Waals surface area contributed by atoms with Crippen LogP contribution >= 0.6 is 0 Å². The van der Waals surface area contributed by atoms with Crippen LogP contribution in [-0.4, -0.2) is 25.9 Å². The van der Waals surface area contributed by atoms with Gasteiger partial charge in [0.25, 0.3) is 0 Å². The van der Waals surface area contributed by atoms with E-state index < -0.39 is 12.1 Å². The monoisotopic (exact) mass is 388 g/mol. The predicted molar refractivity (Wildman–Crippen MR) is 92.7 cm³/mol. The summed E-state index contributed by atoms with van der Waals surface area (Å²) in [5.41, 5.74) is 1.35. The van der Waals surface area contributed by atoms with Crippen molar-refractivity contribution < 1.29 is 22.6 Å². The molecule has 142 valence electrons. The average Bonchev–Trinajstić information content (AvgIpc) is 2.97. The maximum atomic E-state index is 12.3. The number of halogens is 3. The number of alkyl halides is 3. The lowest BCUT2D eigenvalue weighted by Crippen LogP contribution is -2.17. The zero-order chi connectivity index (χ0) is 19.7. The quantitative estimate of drug-likeness (QED) is 0.575. The third kappa shape index (κ3) is 3.65. The minimum absolute atomic E-state index is 0.123. The second kappa shape index (κ2) is 6.72. The molecule has 0 fully saturated rings. The number of fused-ring (bicyclic) bond motifs is 1. The molecule has 7 nitrogen and oxygen atoms in total. The Morgan fingerprint density at radius 2 is 1.86 bits per heavy atom. The van der Waals surface area contributed by atoms with Gasteiger partial charge in [0, 0.05) is 18.3 Å². The maximum absolute atomic E-state index is 12.3. The lowest BCUT2D eigenvalue weighted by molar-refractivity contribution is -0.274. The van der Waals surface area contributed by atoms with Gasteiger partial charge in [0.2, 0.25) is 5.88 Å². The molecule has 1 N–H and O–H groups in total. The Bertz CT molecular complexity index is 1180. The first kappa shape index (κ1) is 17.6. The standard InChI is InChI=1S/C18H11F3N4O3/c19-18(20,21)28-13-3-1-2-12(8-13)27-16-5-4-11(9-23-16)25-15-6-7-22-10-14(15)24-17(25)26/h1-10H,(H,24,26). The summed E-state index contributed by atoms with van der Waals surface area (Å²) in [6.07, 6.45) is -0.275. The van der Waals surface area contributed by atoms with E-state index in [1.54, 1.807) is 18.3 Å². The number of ether oxygens (including phenoxy) is 2. The molecule has 0 bridgehead atoms. The van der Waals surface area contributed by atoms with Gasteiger partial charge in [-0.15, -0.1) is 13.2 Å². The lowest BCUT2D eigenvalue weighted by Gasteiger charge is -2.10. The van der Waals surface area contributed by atoms with Crippen molar-refractivity contribution in [2.75, 3.05) is 0 Å². The summed E-state index contributed by atoms with van der Waals surface area (Å²) in [4.78, 5) is 22.9. The van der Waals surface area contributed by atoms with E-state index in [-0.39, 0.29) is 17.3 Å². The molecule has 0 saturated carbocycles. The zero-order valence-corrected chi connectivity index (χ0v) is 14.0. The minimum atomic E-state index is -4.79. The van der Waals surface area contributed by atoms with Gasteiger partial charge in [-0.2, -0.15) is 0 Å². The van der Waals surface area contributed by atoms with Gasteiger partial charge in [-0.1, -0.05) is 6.07 Å². The van der Waals surface area contributed by atoms with Crippen LogP contribution in [0.1, 0.15) is 0 Å². The van der Waals surface area contributed by atoms with Gasteiger partial charge in [-0.05, 0) is 24.3 Å². The normalized spacial score (nSPS) is 11.5. The third-order valence-corrected chi connectivity index (χ3v) is 3.72. The molecule has 0 aliphatic carbocycles. The zero-order valence-electron chi connectivity index (χ0n) is 14.0. The largest absolute Gasteiger partial charge is 0.573 e. The first-order chi connectivity index (χ1) is 13.4. The van der Waals surface area contributed by atoms with E-state index >= 15 is 0 Å². The number of aromatic amines is 1. The van der Waals surface area contributed by atoms with Crippen LogP contribution < -0.4 is 15.2 Å². The van der Waals surface area contributed by atoms with Crippen LogP contribution in [0.25, 0.3) is 16.7 Å². The molecule has 0 saturated heterocycles. The van der Waals surface area contributed by atoms with E-state index in [0.29, 0.717) is 16.7 Å². The highest BCUT2D eigenvalue weighted by atomic mass is 19.4. The van der Waals surface area contributed by atoms with Crippen molar-refractivity contribution in [2.45, 2.75) is 6.36 Å². The number of rotatable bonds is 4. The van der Waals surface area contributed by atoms with Gasteiger partial charge >= 0.3 is 12.1 Å². The predicted octanol–water partition coefficient (Wildman–Crippen LogP) is 3.80. The van der Waals surface area contributed by atoms with Gasteiger partial charge in [0.1, 0.15) is 11.5 Å². The van der Waals surface area contributed by atoms with Crippen molar-refractivity contribution in [1.82, 2.24) is 19.5 Å². The number of H-pyrrole nitrogens is 1. The molecule has 0 unspecified atom stereocenters. The lowest BCUT2D eigenvalue weighted by atomic mass is 10.3. The number of nitrogens with one attached hydrogen (secondary N) is 1. The summed E-state index contributed by atoms with van der Waals surface area (Å²) in [5.74, 6) is -0.139. The molecular formula is C18H11F3N4O3. The van der Waals surface area contributed by atoms with E-state index in [0.717, 1.165) is 12.1 Å². The Morgan fingerprint density at radius 3 is 2.61 bits per heavy atom. The number of imidazole rings is 1. The van der Waals surface area contributed by atoms with Crippen molar-refractivity contribution in [1.29, 1.82) is 0 Å². The summed E-state index contributed by atoms with van der Waals surface area (Å²) in [6, 6.07) is 9.88. The van der Waals surface area contributed by atoms with Crippen molar-refractivity contribution in [2.24, 2.45) is 0 Å². The number of nitrogens with zero attached hydrogens (tertiary/aromatic N) is 3. The summed E-state index contributed by atoms with van der Waals surface area (Å²) >= 11 is 0. The van der Waals surface area contributed by atoms with Gasteiger partial charge in [0.15, 0.2) is 0 Å². The smallest absolute Gasteiger partial charge is 0.439 e. The molecule has 10 heteroatoms.